The van der Waals surface area contributed by atoms with Crippen LogP contribution in [0.5, 0.6) is 0 Å². The SMILES string of the molecule is CC(C)(C)OC(=O)N1CC[C@@H]2[C@H]1CCN2c1ncc(C(F)(F)F)cn1. The molecule has 0 N–H and O–H groups in total. The minimum atomic E-state index is -4.45. The second-order valence-corrected chi connectivity index (χ2v) is 7.35. The van der Waals surface area contributed by atoms with Crippen LogP contribution in [-0.2, 0) is 10.9 Å². The van der Waals surface area contributed by atoms with E-state index in [-0.39, 0.29) is 24.1 Å². The number of alkyl halides is 3. The number of ether oxygens (including phenoxy) is 1. The van der Waals surface area contributed by atoms with Crippen LogP contribution >= 0.6 is 0 Å². The van der Waals surface area contributed by atoms with Crippen molar-refractivity contribution >= 4 is 12.0 Å². The largest absolute Gasteiger partial charge is 0.444 e. The van der Waals surface area contributed by atoms with Crippen LogP contribution in [-0.4, -0.2) is 51.7 Å². The van der Waals surface area contributed by atoms with Crippen LogP contribution in [0.15, 0.2) is 12.4 Å². The summed E-state index contributed by atoms with van der Waals surface area (Å²) in [6.45, 7) is 6.60. The highest BCUT2D eigenvalue weighted by molar-refractivity contribution is 5.69. The summed E-state index contributed by atoms with van der Waals surface area (Å²) in [5.41, 5.74) is -1.43. The zero-order valence-corrected chi connectivity index (χ0v) is 14.4. The number of amides is 1. The molecule has 9 heteroatoms. The van der Waals surface area contributed by atoms with E-state index in [1.54, 1.807) is 4.90 Å². The van der Waals surface area contributed by atoms with Crippen molar-refractivity contribution in [2.24, 2.45) is 0 Å². The lowest BCUT2D eigenvalue weighted by atomic mass is 10.1. The van der Waals surface area contributed by atoms with Gasteiger partial charge in [0.15, 0.2) is 0 Å². The van der Waals surface area contributed by atoms with Gasteiger partial charge < -0.3 is 14.5 Å². The van der Waals surface area contributed by atoms with Crippen molar-refractivity contribution in [3.05, 3.63) is 18.0 Å². The highest BCUT2D eigenvalue weighted by atomic mass is 19.4. The van der Waals surface area contributed by atoms with Crippen molar-refractivity contribution in [3.63, 3.8) is 0 Å². The molecule has 2 fully saturated rings. The average Bonchev–Trinajstić information content (AvgIpc) is 3.05. The summed E-state index contributed by atoms with van der Waals surface area (Å²) in [5, 5.41) is 0. The van der Waals surface area contributed by atoms with E-state index in [2.05, 4.69) is 9.97 Å². The van der Waals surface area contributed by atoms with Gasteiger partial charge in [-0.25, -0.2) is 14.8 Å². The van der Waals surface area contributed by atoms with Crippen LogP contribution in [0.2, 0.25) is 0 Å². The summed E-state index contributed by atoms with van der Waals surface area (Å²) in [7, 11) is 0. The molecule has 0 saturated carbocycles. The Labute approximate surface area is 144 Å². The van der Waals surface area contributed by atoms with E-state index in [0.717, 1.165) is 12.4 Å². The lowest BCUT2D eigenvalue weighted by Gasteiger charge is -2.28. The van der Waals surface area contributed by atoms with Crippen molar-refractivity contribution < 1.29 is 22.7 Å². The molecule has 0 unspecified atom stereocenters. The van der Waals surface area contributed by atoms with E-state index in [9.17, 15) is 18.0 Å². The summed E-state index contributed by atoms with van der Waals surface area (Å²) in [4.78, 5) is 23.7. The first-order valence-corrected chi connectivity index (χ1v) is 8.22. The number of hydrogen-bond donors (Lipinski definition) is 0. The summed E-state index contributed by atoms with van der Waals surface area (Å²) in [5.74, 6) is 0.270. The number of anilines is 1. The van der Waals surface area contributed by atoms with Crippen LogP contribution in [0, 0.1) is 0 Å². The molecule has 1 aromatic rings. The second kappa shape index (κ2) is 6.03. The fourth-order valence-electron chi connectivity index (χ4n) is 3.40. The molecule has 2 aliphatic rings. The molecule has 3 heterocycles. The van der Waals surface area contributed by atoms with E-state index in [1.165, 1.54) is 0 Å². The van der Waals surface area contributed by atoms with Crippen LogP contribution < -0.4 is 4.90 Å². The molecular formula is C16H21F3N4O2. The monoisotopic (exact) mass is 358 g/mol. The second-order valence-electron chi connectivity index (χ2n) is 7.35. The van der Waals surface area contributed by atoms with Crippen molar-refractivity contribution in [2.45, 2.75) is 57.5 Å². The Morgan fingerprint density at radius 3 is 2.28 bits per heavy atom. The van der Waals surface area contributed by atoms with E-state index < -0.39 is 17.3 Å². The molecule has 1 amide bonds. The third kappa shape index (κ3) is 3.64. The summed E-state index contributed by atoms with van der Waals surface area (Å²) in [6.07, 6.45) is -1.77. The zero-order valence-electron chi connectivity index (χ0n) is 14.4. The van der Waals surface area contributed by atoms with Gasteiger partial charge in [0.25, 0.3) is 0 Å². The molecule has 0 bridgehead atoms. The first kappa shape index (κ1) is 17.8. The van der Waals surface area contributed by atoms with Crippen LogP contribution in [0.1, 0.15) is 39.2 Å². The highest BCUT2D eigenvalue weighted by Crippen LogP contribution is 2.35. The number of rotatable bonds is 1. The van der Waals surface area contributed by atoms with Gasteiger partial charge >= 0.3 is 12.3 Å². The van der Waals surface area contributed by atoms with Gasteiger partial charge in [0.1, 0.15) is 5.60 Å². The van der Waals surface area contributed by atoms with Gasteiger partial charge in [-0.15, -0.1) is 0 Å². The number of carbonyl (C=O) groups is 1. The van der Waals surface area contributed by atoms with Crippen molar-refractivity contribution in [1.82, 2.24) is 14.9 Å². The van der Waals surface area contributed by atoms with Crippen LogP contribution in [0.25, 0.3) is 0 Å². The third-order valence-corrected chi connectivity index (χ3v) is 4.43. The van der Waals surface area contributed by atoms with Crippen molar-refractivity contribution in [1.29, 1.82) is 0 Å². The molecule has 138 valence electrons. The predicted octanol–water partition coefficient (Wildman–Crippen LogP) is 3.08. The number of hydrogen-bond acceptors (Lipinski definition) is 5. The number of halogens is 3. The Kier molecular flexibility index (Phi) is 4.28. The van der Waals surface area contributed by atoms with Gasteiger partial charge in [0.05, 0.1) is 17.6 Å². The number of fused-ring (bicyclic) bond motifs is 1. The van der Waals surface area contributed by atoms with E-state index in [1.807, 2.05) is 25.7 Å². The number of nitrogens with zero attached hydrogens (tertiary/aromatic N) is 4. The van der Waals surface area contributed by atoms with Gasteiger partial charge in [0.2, 0.25) is 5.95 Å². The fourth-order valence-corrected chi connectivity index (χ4v) is 3.40. The molecule has 25 heavy (non-hydrogen) atoms. The molecular weight excluding hydrogens is 337 g/mol. The molecule has 6 nitrogen and oxygen atoms in total. The van der Waals surface area contributed by atoms with Gasteiger partial charge in [-0.3, -0.25) is 0 Å². The Morgan fingerprint density at radius 1 is 1.12 bits per heavy atom. The summed E-state index contributed by atoms with van der Waals surface area (Å²) >= 11 is 0. The first-order valence-electron chi connectivity index (χ1n) is 8.22. The minimum Gasteiger partial charge on any atom is -0.444 e. The Bertz CT molecular complexity index is 642. The molecule has 0 radical (unpaired) electrons. The average molecular weight is 358 g/mol. The van der Waals surface area contributed by atoms with E-state index in [0.29, 0.717) is 25.9 Å². The Hall–Kier alpha value is -2.06. The summed E-state index contributed by atoms with van der Waals surface area (Å²) < 4.78 is 43.3. The maximum Gasteiger partial charge on any atom is 0.419 e. The van der Waals surface area contributed by atoms with E-state index in [4.69, 9.17) is 4.74 Å². The molecule has 2 atom stereocenters. The van der Waals surface area contributed by atoms with Gasteiger partial charge in [0, 0.05) is 25.5 Å². The smallest absolute Gasteiger partial charge is 0.419 e. The highest BCUT2D eigenvalue weighted by Gasteiger charge is 2.46. The zero-order chi connectivity index (χ0) is 18.4. The van der Waals surface area contributed by atoms with E-state index >= 15 is 0 Å². The van der Waals surface area contributed by atoms with Crippen LogP contribution in [0.3, 0.4) is 0 Å². The standard InChI is InChI=1S/C16H21F3N4O2/c1-15(2,3)25-14(24)23-7-5-11-12(23)4-6-22(11)13-20-8-10(9-21-13)16(17,18)19/h8-9,11-12H,4-7H2,1-3H3/t11-,12-/m1/s1. The molecule has 0 aliphatic carbocycles. The Morgan fingerprint density at radius 2 is 1.72 bits per heavy atom. The third-order valence-electron chi connectivity index (χ3n) is 4.43. The summed E-state index contributed by atoms with van der Waals surface area (Å²) in [6, 6.07) is -0.0232. The van der Waals surface area contributed by atoms with Gasteiger partial charge in [-0.05, 0) is 33.6 Å². The normalized spacial score (nSPS) is 23.8. The van der Waals surface area contributed by atoms with Crippen molar-refractivity contribution in [2.75, 3.05) is 18.0 Å². The topological polar surface area (TPSA) is 58.6 Å². The fraction of sp³-hybridized carbons (Fsp3) is 0.688. The lowest BCUT2D eigenvalue weighted by molar-refractivity contribution is -0.138. The molecule has 0 spiro atoms. The molecule has 2 aliphatic heterocycles. The van der Waals surface area contributed by atoms with Crippen LogP contribution in [0.4, 0.5) is 23.9 Å². The molecule has 0 aromatic carbocycles. The first-order chi connectivity index (χ1) is 11.6. The minimum absolute atomic E-state index is 0.00394. The maximum absolute atomic E-state index is 12.6. The quantitative estimate of drug-likeness (QED) is 0.772. The molecule has 1 aromatic heterocycles. The number of likely N-dealkylation sites (tertiary alicyclic amines) is 1. The van der Waals surface area contributed by atoms with Gasteiger partial charge in [-0.2, -0.15) is 13.2 Å². The molecule has 2 saturated heterocycles. The van der Waals surface area contributed by atoms with Gasteiger partial charge in [-0.1, -0.05) is 0 Å². The molecule has 3 rings (SSSR count). The number of carbonyl (C=O) groups excluding carboxylic acids is 1. The van der Waals surface area contributed by atoms with Crippen molar-refractivity contribution in [3.8, 4) is 0 Å². The predicted molar refractivity (Wildman–Crippen MR) is 84.1 cm³/mol. The lowest BCUT2D eigenvalue weighted by Crippen LogP contribution is -2.42. The Balaban J connectivity index is 1.71. The maximum atomic E-state index is 12.6. The number of aromatic nitrogens is 2.